The molecule has 3 saturated carbocycles. The lowest BCUT2D eigenvalue weighted by atomic mass is 9.35. The van der Waals surface area contributed by atoms with Gasteiger partial charge in [-0.15, -0.1) is 0 Å². The van der Waals surface area contributed by atoms with Crippen molar-refractivity contribution in [2.24, 2.45) is 34.0 Å². The van der Waals surface area contributed by atoms with Crippen LogP contribution in [-0.4, -0.2) is 17.0 Å². The highest BCUT2D eigenvalue weighted by Gasteiger charge is 2.68. The first-order valence-electron chi connectivity index (χ1n) is 11.3. The smallest absolute Gasteiger partial charge is 0.166 e. The Morgan fingerprint density at radius 2 is 1.68 bits per heavy atom. The van der Waals surface area contributed by atoms with Crippen molar-refractivity contribution in [2.75, 3.05) is 0 Å². The van der Waals surface area contributed by atoms with Gasteiger partial charge in [0.15, 0.2) is 5.78 Å². The van der Waals surface area contributed by atoms with Crippen LogP contribution >= 0.6 is 0 Å². The molecule has 5 rings (SSSR count). The summed E-state index contributed by atoms with van der Waals surface area (Å²) in [5.74, 6) is 1.59. The monoisotopic (exact) mass is 384 g/mol. The minimum absolute atomic E-state index is 0.0945. The van der Waals surface area contributed by atoms with Crippen molar-refractivity contribution in [3.63, 3.8) is 0 Å². The number of aliphatic hydroxyl groups is 1. The van der Waals surface area contributed by atoms with Gasteiger partial charge < -0.3 is 9.52 Å². The van der Waals surface area contributed by atoms with Gasteiger partial charge in [-0.2, -0.15) is 0 Å². The zero-order valence-electron chi connectivity index (χ0n) is 18.2. The van der Waals surface area contributed by atoms with E-state index in [2.05, 4.69) is 34.6 Å². The van der Waals surface area contributed by atoms with E-state index in [9.17, 15) is 9.90 Å². The number of furan rings is 1. The molecule has 0 amide bonds. The normalized spacial score (nSPS) is 49.6. The van der Waals surface area contributed by atoms with Crippen LogP contribution in [0.1, 0.15) is 95.5 Å². The lowest BCUT2D eigenvalue weighted by Crippen LogP contribution is -2.66. The standard InChI is InChI=1S/C25H36O3/c1-22(2)8-6-9-23(3)18(22)7-10-24(4)19(23)12-21(27)25(5)16-14-28-13-15(16)17(26)11-20(24)25/h13-14,18-21,27H,6-12H2,1-5H3/t18-,19+,20-,21+,23-,24+,25+/m0/s1. The highest BCUT2D eigenvalue weighted by Crippen LogP contribution is 2.72. The number of ketones is 1. The molecule has 0 bridgehead atoms. The molecule has 4 aliphatic rings. The summed E-state index contributed by atoms with van der Waals surface area (Å²) in [6, 6.07) is 0. The Balaban J connectivity index is 1.64. The maximum atomic E-state index is 13.0. The maximum Gasteiger partial charge on any atom is 0.166 e. The Morgan fingerprint density at radius 1 is 0.964 bits per heavy atom. The molecule has 1 aromatic rings. The van der Waals surface area contributed by atoms with E-state index in [-0.39, 0.29) is 27.9 Å². The van der Waals surface area contributed by atoms with Gasteiger partial charge in [-0.3, -0.25) is 4.79 Å². The predicted molar refractivity (Wildman–Crippen MR) is 109 cm³/mol. The van der Waals surface area contributed by atoms with Gasteiger partial charge in [0.1, 0.15) is 6.26 Å². The average molecular weight is 385 g/mol. The van der Waals surface area contributed by atoms with E-state index in [4.69, 9.17) is 4.42 Å². The highest BCUT2D eigenvalue weighted by molar-refractivity contribution is 5.99. The molecule has 28 heavy (non-hydrogen) atoms. The van der Waals surface area contributed by atoms with E-state index >= 15 is 0 Å². The molecule has 3 heteroatoms. The summed E-state index contributed by atoms with van der Waals surface area (Å²) in [6.45, 7) is 12.1. The Bertz CT molecular complexity index is 822. The van der Waals surface area contributed by atoms with Crippen LogP contribution in [0, 0.1) is 34.0 Å². The first kappa shape index (κ1) is 18.9. The third-order valence-corrected chi connectivity index (χ3v) is 10.4. The van der Waals surface area contributed by atoms with E-state index < -0.39 is 6.10 Å². The number of aliphatic hydroxyl groups excluding tert-OH is 1. The zero-order chi connectivity index (χ0) is 20.1. The van der Waals surface area contributed by atoms with Crippen molar-refractivity contribution in [1.82, 2.24) is 0 Å². The van der Waals surface area contributed by atoms with Crippen LogP contribution in [0.25, 0.3) is 0 Å². The Hall–Kier alpha value is -1.09. The maximum absolute atomic E-state index is 13.0. The quantitative estimate of drug-likeness (QED) is 0.619. The Morgan fingerprint density at radius 3 is 2.43 bits per heavy atom. The van der Waals surface area contributed by atoms with E-state index in [0.717, 1.165) is 12.0 Å². The van der Waals surface area contributed by atoms with Gasteiger partial charge in [0, 0.05) is 17.4 Å². The fraction of sp³-hybridized carbons (Fsp3) is 0.800. The second kappa shape index (κ2) is 5.53. The summed E-state index contributed by atoms with van der Waals surface area (Å²) in [6.07, 6.45) is 10.6. The highest BCUT2D eigenvalue weighted by atomic mass is 16.3. The van der Waals surface area contributed by atoms with Gasteiger partial charge in [-0.05, 0) is 66.1 Å². The minimum atomic E-state index is -0.416. The van der Waals surface area contributed by atoms with Crippen molar-refractivity contribution in [1.29, 1.82) is 0 Å². The van der Waals surface area contributed by atoms with Crippen LogP contribution in [0.5, 0.6) is 0 Å². The lowest BCUT2D eigenvalue weighted by molar-refractivity contribution is -0.204. The largest absolute Gasteiger partial charge is 0.472 e. The number of hydrogen-bond donors (Lipinski definition) is 1. The summed E-state index contributed by atoms with van der Waals surface area (Å²) in [7, 11) is 0. The molecular formula is C25H36O3. The molecule has 0 radical (unpaired) electrons. The number of fused-ring (bicyclic) bond motifs is 7. The summed E-state index contributed by atoms with van der Waals surface area (Å²) < 4.78 is 5.47. The number of carbonyl (C=O) groups is 1. The van der Waals surface area contributed by atoms with Crippen molar-refractivity contribution in [3.05, 3.63) is 23.7 Å². The van der Waals surface area contributed by atoms with Crippen molar-refractivity contribution >= 4 is 5.78 Å². The van der Waals surface area contributed by atoms with Crippen molar-refractivity contribution in [3.8, 4) is 0 Å². The molecule has 3 fully saturated rings. The summed E-state index contributed by atoms with van der Waals surface area (Å²) in [5.41, 5.74) is 2.01. The molecule has 1 heterocycles. The SMILES string of the molecule is CC1(C)CCC[C@]2(C)[C@H]3C[C@@H](O)[C@]4(C)c5cocc5C(=O)C[C@H]4[C@]3(C)CC[C@@H]12. The molecule has 0 unspecified atom stereocenters. The zero-order valence-corrected chi connectivity index (χ0v) is 18.2. The van der Waals surface area contributed by atoms with E-state index in [1.54, 1.807) is 12.5 Å². The van der Waals surface area contributed by atoms with Gasteiger partial charge in [0.25, 0.3) is 0 Å². The molecule has 0 saturated heterocycles. The average Bonchev–Trinajstić information content (AvgIpc) is 3.10. The summed E-state index contributed by atoms with van der Waals surface area (Å²) in [4.78, 5) is 13.0. The van der Waals surface area contributed by atoms with Crippen LogP contribution in [-0.2, 0) is 5.41 Å². The van der Waals surface area contributed by atoms with Gasteiger partial charge in [0.2, 0.25) is 0 Å². The molecule has 7 atom stereocenters. The Labute approximate surface area is 169 Å². The second-order valence-electron chi connectivity index (χ2n) is 11.9. The molecule has 3 nitrogen and oxygen atoms in total. The Kier molecular flexibility index (Phi) is 3.74. The molecule has 1 aromatic heterocycles. The molecule has 4 aliphatic carbocycles. The minimum Gasteiger partial charge on any atom is -0.472 e. The topological polar surface area (TPSA) is 50.4 Å². The molecule has 1 N–H and O–H groups in total. The van der Waals surface area contributed by atoms with Crippen molar-refractivity contribution < 1.29 is 14.3 Å². The van der Waals surface area contributed by atoms with Gasteiger partial charge in [-0.1, -0.05) is 41.0 Å². The molecular weight excluding hydrogens is 348 g/mol. The number of hydrogen-bond acceptors (Lipinski definition) is 3. The van der Waals surface area contributed by atoms with Crippen molar-refractivity contribution in [2.45, 2.75) is 91.1 Å². The molecule has 0 aliphatic heterocycles. The van der Waals surface area contributed by atoms with E-state index in [1.807, 2.05) is 0 Å². The first-order chi connectivity index (χ1) is 13.0. The second-order valence-corrected chi connectivity index (χ2v) is 11.9. The molecule has 0 spiro atoms. The molecule has 154 valence electrons. The number of rotatable bonds is 0. The van der Waals surface area contributed by atoms with Crippen LogP contribution in [0.2, 0.25) is 0 Å². The third-order valence-electron chi connectivity index (χ3n) is 10.4. The van der Waals surface area contributed by atoms with E-state index in [0.29, 0.717) is 29.2 Å². The van der Waals surface area contributed by atoms with E-state index in [1.165, 1.54) is 32.1 Å². The van der Waals surface area contributed by atoms with Gasteiger partial charge in [0.05, 0.1) is 17.9 Å². The fourth-order valence-corrected chi connectivity index (χ4v) is 9.07. The molecule has 0 aromatic carbocycles. The third kappa shape index (κ3) is 2.07. The van der Waals surface area contributed by atoms with Crippen LogP contribution in [0.15, 0.2) is 16.9 Å². The van der Waals surface area contributed by atoms with Crippen LogP contribution < -0.4 is 0 Å². The number of carbonyl (C=O) groups excluding carboxylic acids is 1. The summed E-state index contributed by atoms with van der Waals surface area (Å²) >= 11 is 0. The fourth-order valence-electron chi connectivity index (χ4n) is 9.07. The number of Topliss-reactive ketones (excluding diaryl/α,β-unsaturated/α-hetero) is 1. The van der Waals surface area contributed by atoms with Gasteiger partial charge >= 0.3 is 0 Å². The van der Waals surface area contributed by atoms with Crippen LogP contribution in [0.3, 0.4) is 0 Å². The van der Waals surface area contributed by atoms with Gasteiger partial charge in [-0.25, -0.2) is 0 Å². The summed E-state index contributed by atoms with van der Waals surface area (Å²) in [5, 5.41) is 11.6. The lowest BCUT2D eigenvalue weighted by Gasteiger charge is -2.69. The van der Waals surface area contributed by atoms with Crippen LogP contribution in [0.4, 0.5) is 0 Å². The first-order valence-corrected chi connectivity index (χ1v) is 11.3. The predicted octanol–water partition coefficient (Wildman–Crippen LogP) is 5.75.